The summed E-state index contributed by atoms with van der Waals surface area (Å²) in [5.74, 6) is 4.08. The van der Waals surface area contributed by atoms with Gasteiger partial charge in [-0.1, -0.05) is 13.3 Å². The lowest BCUT2D eigenvalue weighted by Crippen LogP contribution is -2.39. The largest absolute Gasteiger partial charge is 0.313 e. The first-order chi connectivity index (χ1) is 6.88. The molecule has 0 saturated carbocycles. The Morgan fingerprint density at radius 3 is 3.00 bits per heavy atom. The van der Waals surface area contributed by atoms with Crippen LogP contribution in [0.4, 0.5) is 0 Å². The van der Waals surface area contributed by atoms with E-state index in [1.165, 1.54) is 25.0 Å². The third-order valence-electron chi connectivity index (χ3n) is 2.73. The van der Waals surface area contributed by atoms with E-state index < -0.39 is 0 Å². The van der Waals surface area contributed by atoms with Crippen LogP contribution in [0.3, 0.4) is 0 Å². The fourth-order valence-electron chi connectivity index (χ4n) is 2.00. The van der Waals surface area contributed by atoms with Crippen molar-refractivity contribution in [2.24, 2.45) is 0 Å². The fraction of sp³-hybridized carbons (Fsp3) is 0.833. The summed E-state index contributed by atoms with van der Waals surface area (Å²) in [6.07, 6.45) is 11.5. The van der Waals surface area contributed by atoms with Crippen LogP contribution in [0, 0.1) is 12.3 Å². The van der Waals surface area contributed by atoms with Crippen molar-refractivity contribution in [1.82, 2.24) is 5.32 Å². The molecular formula is C12H21NS. The second kappa shape index (κ2) is 7.20. The number of hydrogen-bond donors (Lipinski definition) is 1. The molecule has 2 atom stereocenters. The van der Waals surface area contributed by atoms with E-state index in [2.05, 4.69) is 29.9 Å². The Hall–Kier alpha value is -0.130. The number of thioether (sulfide) groups is 1. The Bertz CT molecular complexity index is 179. The van der Waals surface area contributed by atoms with Gasteiger partial charge in [0.1, 0.15) is 0 Å². The van der Waals surface area contributed by atoms with Crippen LogP contribution < -0.4 is 5.32 Å². The fourth-order valence-corrected chi connectivity index (χ4v) is 3.47. The van der Waals surface area contributed by atoms with Gasteiger partial charge < -0.3 is 5.32 Å². The zero-order valence-electron chi connectivity index (χ0n) is 9.09. The highest BCUT2D eigenvalue weighted by Gasteiger charge is 2.22. The maximum absolute atomic E-state index is 5.32. The van der Waals surface area contributed by atoms with Crippen molar-refractivity contribution in [2.45, 2.75) is 50.3 Å². The molecule has 0 aromatic rings. The molecule has 1 nitrogen and oxygen atoms in total. The van der Waals surface area contributed by atoms with Gasteiger partial charge in [0.15, 0.2) is 0 Å². The van der Waals surface area contributed by atoms with Crippen molar-refractivity contribution in [1.29, 1.82) is 0 Å². The molecule has 0 amide bonds. The van der Waals surface area contributed by atoms with Crippen molar-refractivity contribution in [2.75, 3.05) is 12.3 Å². The lowest BCUT2D eigenvalue weighted by molar-refractivity contribution is 0.454. The first kappa shape index (κ1) is 11.9. The first-order valence-electron chi connectivity index (χ1n) is 5.67. The van der Waals surface area contributed by atoms with Crippen molar-refractivity contribution in [3.63, 3.8) is 0 Å². The van der Waals surface area contributed by atoms with Gasteiger partial charge in [-0.3, -0.25) is 0 Å². The van der Waals surface area contributed by atoms with E-state index in [1.54, 1.807) is 0 Å². The molecule has 0 aromatic carbocycles. The topological polar surface area (TPSA) is 12.0 Å². The minimum absolute atomic E-state index is 0.640. The van der Waals surface area contributed by atoms with Crippen LogP contribution in [-0.2, 0) is 0 Å². The Balaban J connectivity index is 2.35. The maximum Gasteiger partial charge on any atom is 0.0201 e. The Labute approximate surface area is 92.4 Å². The third kappa shape index (κ3) is 3.94. The third-order valence-corrected chi connectivity index (χ3v) is 4.25. The van der Waals surface area contributed by atoms with Gasteiger partial charge in [0, 0.05) is 17.7 Å². The number of rotatable bonds is 5. The molecule has 80 valence electrons. The quantitative estimate of drug-likeness (QED) is 0.702. The monoisotopic (exact) mass is 211 g/mol. The molecule has 1 aliphatic heterocycles. The van der Waals surface area contributed by atoms with Gasteiger partial charge in [-0.2, -0.15) is 11.8 Å². The number of hydrogen-bond acceptors (Lipinski definition) is 2. The minimum Gasteiger partial charge on any atom is -0.313 e. The molecule has 14 heavy (non-hydrogen) atoms. The van der Waals surface area contributed by atoms with E-state index >= 15 is 0 Å². The van der Waals surface area contributed by atoms with Crippen molar-refractivity contribution >= 4 is 11.8 Å². The molecule has 1 saturated heterocycles. The SMILES string of the molecule is C#CCCC(NCC)C1CCCCS1. The zero-order valence-corrected chi connectivity index (χ0v) is 9.91. The van der Waals surface area contributed by atoms with Crippen LogP contribution in [-0.4, -0.2) is 23.6 Å². The van der Waals surface area contributed by atoms with Crippen molar-refractivity contribution < 1.29 is 0 Å². The molecule has 1 rings (SSSR count). The Morgan fingerprint density at radius 1 is 1.57 bits per heavy atom. The summed E-state index contributed by atoms with van der Waals surface area (Å²) in [6.45, 7) is 3.24. The predicted molar refractivity (Wildman–Crippen MR) is 65.6 cm³/mol. The molecule has 0 aliphatic carbocycles. The molecule has 0 radical (unpaired) electrons. The van der Waals surface area contributed by atoms with E-state index in [-0.39, 0.29) is 0 Å². The molecule has 2 heteroatoms. The van der Waals surface area contributed by atoms with E-state index in [0.717, 1.165) is 24.6 Å². The van der Waals surface area contributed by atoms with Crippen LogP contribution >= 0.6 is 11.8 Å². The predicted octanol–water partition coefficient (Wildman–Crippen LogP) is 2.66. The average molecular weight is 211 g/mol. The summed E-state index contributed by atoms with van der Waals surface area (Å²) < 4.78 is 0. The van der Waals surface area contributed by atoms with E-state index in [4.69, 9.17) is 6.42 Å². The molecule has 1 aliphatic rings. The average Bonchev–Trinajstić information content (AvgIpc) is 2.25. The van der Waals surface area contributed by atoms with Crippen LogP contribution in [0.15, 0.2) is 0 Å². The van der Waals surface area contributed by atoms with Crippen LogP contribution in [0.1, 0.15) is 39.0 Å². The van der Waals surface area contributed by atoms with Crippen molar-refractivity contribution in [3.8, 4) is 12.3 Å². The molecule has 0 spiro atoms. The standard InChI is InChI=1S/C12H21NS/c1-3-5-8-11(13-4-2)12-9-6-7-10-14-12/h1,11-13H,4-10H2,2H3. The lowest BCUT2D eigenvalue weighted by Gasteiger charge is -2.30. The van der Waals surface area contributed by atoms with Crippen LogP contribution in [0.2, 0.25) is 0 Å². The van der Waals surface area contributed by atoms with Gasteiger partial charge in [-0.15, -0.1) is 12.3 Å². The summed E-state index contributed by atoms with van der Waals surface area (Å²) in [7, 11) is 0. The van der Waals surface area contributed by atoms with Crippen molar-refractivity contribution in [3.05, 3.63) is 0 Å². The van der Waals surface area contributed by atoms with Crippen LogP contribution in [0.5, 0.6) is 0 Å². The number of terminal acetylenes is 1. The highest BCUT2D eigenvalue weighted by Crippen LogP contribution is 2.29. The van der Waals surface area contributed by atoms with Gasteiger partial charge in [0.2, 0.25) is 0 Å². The molecule has 0 aromatic heterocycles. The van der Waals surface area contributed by atoms with Gasteiger partial charge in [0.05, 0.1) is 0 Å². The summed E-state index contributed by atoms with van der Waals surface area (Å²) >= 11 is 2.13. The highest BCUT2D eigenvalue weighted by molar-refractivity contribution is 8.00. The van der Waals surface area contributed by atoms with Gasteiger partial charge in [-0.05, 0) is 31.6 Å². The Morgan fingerprint density at radius 2 is 2.43 bits per heavy atom. The lowest BCUT2D eigenvalue weighted by atomic mass is 10.0. The highest BCUT2D eigenvalue weighted by atomic mass is 32.2. The molecule has 1 fully saturated rings. The van der Waals surface area contributed by atoms with E-state index in [1.807, 2.05) is 0 Å². The van der Waals surface area contributed by atoms with E-state index in [9.17, 15) is 0 Å². The second-order valence-electron chi connectivity index (χ2n) is 3.81. The molecule has 0 bridgehead atoms. The number of nitrogens with one attached hydrogen (secondary N) is 1. The Kier molecular flexibility index (Phi) is 6.14. The first-order valence-corrected chi connectivity index (χ1v) is 6.71. The van der Waals surface area contributed by atoms with Gasteiger partial charge in [0.25, 0.3) is 0 Å². The van der Waals surface area contributed by atoms with Gasteiger partial charge >= 0.3 is 0 Å². The van der Waals surface area contributed by atoms with E-state index in [0.29, 0.717) is 6.04 Å². The maximum atomic E-state index is 5.32. The summed E-state index contributed by atoms with van der Waals surface area (Å²) in [4.78, 5) is 0. The molecule has 1 N–H and O–H groups in total. The summed E-state index contributed by atoms with van der Waals surface area (Å²) in [6, 6.07) is 0.640. The molecule has 1 heterocycles. The summed E-state index contributed by atoms with van der Waals surface area (Å²) in [5, 5.41) is 4.37. The van der Waals surface area contributed by atoms with Gasteiger partial charge in [-0.25, -0.2) is 0 Å². The van der Waals surface area contributed by atoms with Crippen LogP contribution in [0.25, 0.3) is 0 Å². The summed E-state index contributed by atoms with van der Waals surface area (Å²) in [5.41, 5.74) is 0. The zero-order chi connectivity index (χ0) is 10.2. The second-order valence-corrected chi connectivity index (χ2v) is 5.16. The molecular weight excluding hydrogens is 190 g/mol. The smallest absolute Gasteiger partial charge is 0.0201 e. The molecule has 2 unspecified atom stereocenters. The minimum atomic E-state index is 0.640. The normalized spacial score (nSPS) is 24.1.